The number of hydrogen-bond donors (Lipinski definition) is 1. The van der Waals surface area contributed by atoms with Crippen molar-refractivity contribution in [1.82, 2.24) is 5.16 Å². The number of rotatable bonds is 5. The van der Waals surface area contributed by atoms with Gasteiger partial charge in [-0.15, -0.1) is 0 Å². The maximum atomic E-state index is 12.2. The molecule has 3 aromatic carbocycles. The first-order valence-electron chi connectivity index (χ1n) is 8.65. The molecule has 0 unspecified atom stereocenters. The summed E-state index contributed by atoms with van der Waals surface area (Å²) in [5.41, 5.74) is 2.18. The molecule has 0 aliphatic rings. The third kappa shape index (κ3) is 4.26. The van der Waals surface area contributed by atoms with Crippen LogP contribution in [0.3, 0.4) is 0 Å². The number of hydrogen-bond acceptors (Lipinski definition) is 5. The van der Waals surface area contributed by atoms with E-state index in [1.54, 1.807) is 36.4 Å². The fourth-order valence-electron chi connectivity index (χ4n) is 2.95. The van der Waals surface area contributed by atoms with Crippen LogP contribution in [0.4, 0.5) is 0 Å². The highest BCUT2D eigenvalue weighted by Crippen LogP contribution is 2.45. The zero-order valence-electron chi connectivity index (χ0n) is 15.2. The molecule has 0 spiro atoms. The maximum absolute atomic E-state index is 12.2. The Morgan fingerprint density at radius 1 is 0.933 bits per heavy atom. The molecule has 4 rings (SSSR count). The second kappa shape index (κ2) is 8.45. The van der Waals surface area contributed by atoms with Gasteiger partial charge in [-0.25, -0.2) is 13.6 Å². The summed E-state index contributed by atoms with van der Waals surface area (Å²) in [6.07, 6.45) is 0. The third-order valence-electron chi connectivity index (χ3n) is 4.27. The highest BCUT2D eigenvalue weighted by atomic mass is 35.5. The quantitative estimate of drug-likeness (QED) is 0.375. The molecule has 30 heavy (non-hydrogen) atoms. The summed E-state index contributed by atoms with van der Waals surface area (Å²) in [7, 11) is -3.98. The Kier molecular flexibility index (Phi) is 5.90. The summed E-state index contributed by atoms with van der Waals surface area (Å²) in [5.74, 6) is 0. The summed E-state index contributed by atoms with van der Waals surface area (Å²) < 4.78 is 30.1. The van der Waals surface area contributed by atoms with E-state index in [0.29, 0.717) is 36.9 Å². The molecular weight excluding hydrogens is 463 g/mol. The second-order valence-corrected chi connectivity index (χ2v) is 9.67. The zero-order valence-corrected chi connectivity index (χ0v) is 18.4. The summed E-state index contributed by atoms with van der Waals surface area (Å²) in [6, 6.07) is 20.9. The van der Waals surface area contributed by atoms with E-state index in [2.05, 4.69) is 5.16 Å². The van der Waals surface area contributed by atoms with Crippen LogP contribution < -0.4 is 5.14 Å². The van der Waals surface area contributed by atoms with Crippen LogP contribution in [-0.2, 0) is 10.0 Å². The fraction of sp³-hybridized carbons (Fsp3) is 0. The van der Waals surface area contributed by atoms with Gasteiger partial charge in [0.1, 0.15) is 5.69 Å². The van der Waals surface area contributed by atoms with Crippen LogP contribution in [0.15, 0.2) is 92.2 Å². The molecule has 0 atom stereocenters. The van der Waals surface area contributed by atoms with E-state index >= 15 is 0 Å². The summed E-state index contributed by atoms with van der Waals surface area (Å²) >= 11 is 13.5. The standard InChI is InChI=1S/C21H14Cl2N2O3S2/c22-14-10-11-17(16(23)12-14)29-21-19(15-8-4-5-9-18(15)30(24,26)27)20(25-28-21)13-6-2-1-3-7-13/h1-12H,(H2,24,26,27). The number of nitrogens with two attached hydrogens (primary N) is 1. The molecule has 5 nitrogen and oxygen atoms in total. The van der Waals surface area contributed by atoms with Crippen molar-refractivity contribution in [2.24, 2.45) is 5.14 Å². The zero-order chi connectivity index (χ0) is 21.3. The van der Waals surface area contributed by atoms with Crippen molar-refractivity contribution in [1.29, 1.82) is 0 Å². The number of halogens is 2. The monoisotopic (exact) mass is 476 g/mol. The van der Waals surface area contributed by atoms with Gasteiger partial charge in [0.15, 0.2) is 0 Å². The fourth-order valence-corrected chi connectivity index (χ4v) is 5.10. The lowest BCUT2D eigenvalue weighted by Crippen LogP contribution is -2.13. The first-order valence-corrected chi connectivity index (χ1v) is 11.8. The van der Waals surface area contributed by atoms with E-state index in [1.165, 1.54) is 17.8 Å². The Labute approximate surface area is 187 Å². The maximum Gasteiger partial charge on any atom is 0.238 e. The van der Waals surface area contributed by atoms with Gasteiger partial charge in [0.05, 0.1) is 15.5 Å². The molecule has 0 bridgehead atoms. The summed E-state index contributed by atoms with van der Waals surface area (Å²) in [6.45, 7) is 0. The van der Waals surface area contributed by atoms with Gasteiger partial charge in [0.2, 0.25) is 15.1 Å². The Morgan fingerprint density at radius 2 is 1.63 bits per heavy atom. The molecule has 1 heterocycles. The van der Waals surface area contributed by atoms with Crippen molar-refractivity contribution in [3.05, 3.63) is 82.8 Å². The van der Waals surface area contributed by atoms with Crippen LogP contribution in [-0.4, -0.2) is 13.6 Å². The topological polar surface area (TPSA) is 86.2 Å². The van der Waals surface area contributed by atoms with Gasteiger partial charge in [-0.3, -0.25) is 0 Å². The molecule has 0 radical (unpaired) electrons. The smallest absolute Gasteiger partial charge is 0.238 e. The van der Waals surface area contributed by atoms with E-state index in [9.17, 15) is 8.42 Å². The van der Waals surface area contributed by atoms with Crippen molar-refractivity contribution in [2.45, 2.75) is 14.9 Å². The predicted octanol–water partition coefficient (Wildman–Crippen LogP) is 6.11. The van der Waals surface area contributed by atoms with Gasteiger partial charge < -0.3 is 4.52 Å². The Morgan fingerprint density at radius 3 is 2.33 bits per heavy atom. The van der Waals surface area contributed by atoms with E-state index < -0.39 is 10.0 Å². The van der Waals surface area contributed by atoms with Crippen molar-refractivity contribution in [2.75, 3.05) is 0 Å². The predicted molar refractivity (Wildman–Crippen MR) is 119 cm³/mol. The van der Waals surface area contributed by atoms with Crippen LogP contribution in [0.25, 0.3) is 22.4 Å². The van der Waals surface area contributed by atoms with Crippen molar-refractivity contribution < 1.29 is 12.9 Å². The molecule has 0 saturated carbocycles. The number of nitrogens with zero attached hydrogens (tertiary/aromatic N) is 1. The Balaban J connectivity index is 1.95. The molecule has 0 fully saturated rings. The average Bonchev–Trinajstić information content (AvgIpc) is 3.13. The van der Waals surface area contributed by atoms with Crippen LogP contribution >= 0.6 is 35.0 Å². The first-order chi connectivity index (χ1) is 14.3. The highest BCUT2D eigenvalue weighted by molar-refractivity contribution is 7.99. The lowest BCUT2D eigenvalue weighted by molar-refractivity contribution is 0.352. The number of primary sulfonamides is 1. The molecule has 0 aliphatic heterocycles. The van der Waals surface area contributed by atoms with E-state index in [1.807, 2.05) is 30.3 Å². The van der Waals surface area contributed by atoms with Crippen LogP contribution in [0.1, 0.15) is 0 Å². The van der Waals surface area contributed by atoms with E-state index in [4.69, 9.17) is 32.9 Å². The summed E-state index contributed by atoms with van der Waals surface area (Å²) in [4.78, 5) is 0.667. The number of sulfonamides is 1. The molecule has 0 aliphatic carbocycles. The van der Waals surface area contributed by atoms with Gasteiger partial charge >= 0.3 is 0 Å². The molecule has 4 aromatic rings. The lowest BCUT2D eigenvalue weighted by Gasteiger charge is -2.10. The molecule has 1 aromatic heterocycles. The minimum Gasteiger partial charge on any atom is -0.348 e. The number of benzene rings is 3. The van der Waals surface area contributed by atoms with Gasteiger partial charge in [0.25, 0.3) is 0 Å². The van der Waals surface area contributed by atoms with Crippen molar-refractivity contribution in [3.8, 4) is 22.4 Å². The second-order valence-electron chi connectivity index (χ2n) is 6.28. The van der Waals surface area contributed by atoms with Crippen LogP contribution in [0, 0.1) is 0 Å². The largest absolute Gasteiger partial charge is 0.348 e. The van der Waals surface area contributed by atoms with Crippen molar-refractivity contribution in [3.63, 3.8) is 0 Å². The first kappa shape index (κ1) is 21.0. The van der Waals surface area contributed by atoms with Gasteiger partial charge in [-0.05, 0) is 36.0 Å². The SMILES string of the molecule is NS(=O)(=O)c1ccccc1-c1c(-c2ccccc2)noc1Sc1ccc(Cl)cc1Cl. The molecule has 2 N–H and O–H groups in total. The highest BCUT2D eigenvalue weighted by Gasteiger charge is 2.26. The van der Waals surface area contributed by atoms with Crippen LogP contribution in [0.2, 0.25) is 10.0 Å². The van der Waals surface area contributed by atoms with Gasteiger partial charge in [-0.1, -0.05) is 76.9 Å². The van der Waals surface area contributed by atoms with E-state index in [0.717, 1.165) is 5.56 Å². The molecule has 152 valence electrons. The average molecular weight is 477 g/mol. The summed E-state index contributed by atoms with van der Waals surface area (Å²) in [5, 5.41) is 11.0. The number of aromatic nitrogens is 1. The molecule has 9 heteroatoms. The van der Waals surface area contributed by atoms with E-state index in [-0.39, 0.29) is 4.90 Å². The molecule has 0 saturated heterocycles. The van der Waals surface area contributed by atoms with Crippen LogP contribution in [0.5, 0.6) is 0 Å². The minimum absolute atomic E-state index is 0.0190. The minimum atomic E-state index is -3.98. The normalized spacial score (nSPS) is 11.6. The Bertz CT molecular complexity index is 1320. The molecule has 0 amide bonds. The van der Waals surface area contributed by atoms with Crippen molar-refractivity contribution >= 4 is 45.0 Å². The van der Waals surface area contributed by atoms with Gasteiger partial charge in [0, 0.05) is 21.0 Å². The Hall–Kier alpha value is -2.29. The van der Waals surface area contributed by atoms with Gasteiger partial charge in [-0.2, -0.15) is 0 Å². The lowest BCUT2D eigenvalue weighted by atomic mass is 10.0. The molecular formula is C21H14Cl2N2O3S2. The third-order valence-corrected chi connectivity index (χ3v) is 6.94.